The fraction of sp³-hybridized carbons (Fsp3) is 0.588. The van der Waals surface area contributed by atoms with Crippen LogP contribution in [0, 0.1) is 5.82 Å². The largest absolute Gasteiger partial charge is 0.391 e. The lowest BCUT2D eigenvalue weighted by atomic mass is 10.0. The summed E-state index contributed by atoms with van der Waals surface area (Å²) in [6, 6.07) is 5.84. The normalized spacial score (nSPS) is 30.7. The van der Waals surface area contributed by atoms with Crippen LogP contribution in [0.25, 0.3) is 0 Å². The molecule has 2 amide bonds. The van der Waals surface area contributed by atoms with Gasteiger partial charge in [-0.1, -0.05) is 12.1 Å². The van der Waals surface area contributed by atoms with Crippen LogP contribution >= 0.6 is 0 Å². The van der Waals surface area contributed by atoms with Gasteiger partial charge in [0.15, 0.2) is 0 Å². The first-order valence-electron chi connectivity index (χ1n) is 8.10. The van der Waals surface area contributed by atoms with Gasteiger partial charge in [0.2, 0.25) is 0 Å². The van der Waals surface area contributed by atoms with Crippen LogP contribution in [-0.2, 0) is 4.74 Å². The van der Waals surface area contributed by atoms with Crippen LogP contribution in [0.1, 0.15) is 37.3 Å². The second kappa shape index (κ2) is 6.84. The number of β-amino-alcohol motifs (C(OH)–C–C–N with tert-alkyl or cyclic N) is 1. The number of halogens is 1. The van der Waals surface area contributed by atoms with Crippen LogP contribution in [0.4, 0.5) is 9.18 Å². The lowest BCUT2D eigenvalue weighted by molar-refractivity contribution is 0.106. The number of aliphatic hydroxyl groups excluding tert-OH is 1. The molecule has 1 heterocycles. The molecule has 3 rings (SSSR count). The van der Waals surface area contributed by atoms with E-state index >= 15 is 0 Å². The highest BCUT2D eigenvalue weighted by Crippen LogP contribution is 2.33. The molecule has 126 valence electrons. The van der Waals surface area contributed by atoms with Gasteiger partial charge in [0.05, 0.1) is 18.2 Å². The Morgan fingerprint density at radius 2 is 2.22 bits per heavy atom. The predicted molar refractivity (Wildman–Crippen MR) is 83.4 cm³/mol. The van der Waals surface area contributed by atoms with Gasteiger partial charge in [0, 0.05) is 19.7 Å². The second-order valence-corrected chi connectivity index (χ2v) is 6.43. The number of hydrogen-bond donors (Lipinski definition) is 2. The SMILES string of the molecule is CO[C@@H]1CC[C@H](NC(=O)N2C[C@H](O)C[C@@H]2c2cccc(F)c2)C1. The quantitative estimate of drug-likeness (QED) is 0.897. The van der Waals surface area contributed by atoms with Crippen molar-refractivity contribution in [2.24, 2.45) is 0 Å². The van der Waals surface area contributed by atoms with E-state index in [0.29, 0.717) is 6.42 Å². The summed E-state index contributed by atoms with van der Waals surface area (Å²) >= 11 is 0. The molecule has 0 spiro atoms. The third-order valence-corrected chi connectivity index (χ3v) is 4.82. The van der Waals surface area contributed by atoms with Crippen molar-refractivity contribution in [3.63, 3.8) is 0 Å². The van der Waals surface area contributed by atoms with Crippen molar-refractivity contribution in [1.29, 1.82) is 0 Å². The van der Waals surface area contributed by atoms with E-state index in [4.69, 9.17) is 4.74 Å². The zero-order valence-corrected chi connectivity index (χ0v) is 13.2. The first-order valence-corrected chi connectivity index (χ1v) is 8.10. The molecule has 1 saturated carbocycles. The van der Waals surface area contributed by atoms with Crippen LogP contribution in [0.2, 0.25) is 0 Å². The van der Waals surface area contributed by atoms with Crippen molar-refractivity contribution >= 4 is 6.03 Å². The Hall–Kier alpha value is -1.66. The molecule has 0 unspecified atom stereocenters. The zero-order valence-electron chi connectivity index (χ0n) is 13.2. The summed E-state index contributed by atoms with van der Waals surface area (Å²) < 4.78 is 18.8. The molecule has 0 radical (unpaired) electrons. The highest BCUT2D eigenvalue weighted by atomic mass is 19.1. The fourth-order valence-corrected chi connectivity index (χ4v) is 3.61. The van der Waals surface area contributed by atoms with E-state index in [-0.39, 0.29) is 36.6 Å². The smallest absolute Gasteiger partial charge is 0.318 e. The van der Waals surface area contributed by atoms with Crippen LogP contribution in [0.5, 0.6) is 0 Å². The van der Waals surface area contributed by atoms with E-state index in [2.05, 4.69) is 5.32 Å². The van der Waals surface area contributed by atoms with Crippen molar-refractivity contribution < 1.29 is 19.0 Å². The van der Waals surface area contributed by atoms with Crippen molar-refractivity contribution in [2.75, 3.05) is 13.7 Å². The molecule has 6 heteroatoms. The molecular weight excluding hydrogens is 299 g/mol. The molecule has 0 bridgehead atoms. The molecule has 4 atom stereocenters. The van der Waals surface area contributed by atoms with Gasteiger partial charge in [0.1, 0.15) is 5.82 Å². The summed E-state index contributed by atoms with van der Waals surface area (Å²) in [5, 5.41) is 13.0. The summed E-state index contributed by atoms with van der Waals surface area (Å²) in [6.45, 7) is 0.271. The number of hydrogen-bond acceptors (Lipinski definition) is 3. The van der Waals surface area contributed by atoms with Gasteiger partial charge in [-0.15, -0.1) is 0 Å². The maximum absolute atomic E-state index is 13.5. The summed E-state index contributed by atoms with van der Waals surface area (Å²) in [6.07, 6.45) is 2.70. The topological polar surface area (TPSA) is 61.8 Å². The molecule has 2 N–H and O–H groups in total. The molecule has 1 saturated heterocycles. The van der Waals surface area contributed by atoms with Gasteiger partial charge >= 0.3 is 6.03 Å². The molecule has 2 aliphatic rings. The monoisotopic (exact) mass is 322 g/mol. The number of nitrogens with one attached hydrogen (secondary N) is 1. The van der Waals surface area contributed by atoms with E-state index in [1.54, 1.807) is 24.1 Å². The molecule has 1 aliphatic carbocycles. The number of ether oxygens (including phenoxy) is 1. The third kappa shape index (κ3) is 3.64. The van der Waals surface area contributed by atoms with Gasteiger partial charge in [-0.25, -0.2) is 9.18 Å². The molecule has 0 aromatic heterocycles. The number of amides is 2. The molecule has 23 heavy (non-hydrogen) atoms. The van der Waals surface area contributed by atoms with E-state index < -0.39 is 6.10 Å². The average Bonchev–Trinajstić information content (AvgIpc) is 3.13. The molecule has 1 aromatic carbocycles. The first kappa shape index (κ1) is 16.2. The number of urea groups is 1. The van der Waals surface area contributed by atoms with Gasteiger partial charge in [-0.3, -0.25) is 0 Å². The standard InChI is InChI=1S/C17H23FN2O3/c1-23-15-6-5-13(8-15)19-17(22)20-10-14(21)9-16(20)11-3-2-4-12(18)7-11/h2-4,7,13-16,21H,5-6,8-10H2,1H3,(H,19,22)/t13-,14+,15+,16+/m0/s1. The lowest BCUT2D eigenvalue weighted by Crippen LogP contribution is -2.44. The number of carbonyl (C=O) groups is 1. The van der Waals surface area contributed by atoms with Crippen molar-refractivity contribution in [2.45, 2.75) is 50.0 Å². The minimum Gasteiger partial charge on any atom is -0.391 e. The minimum atomic E-state index is -0.579. The number of aliphatic hydroxyl groups is 1. The van der Waals surface area contributed by atoms with Gasteiger partial charge in [-0.05, 0) is 43.4 Å². The van der Waals surface area contributed by atoms with Crippen LogP contribution in [0.3, 0.4) is 0 Å². The van der Waals surface area contributed by atoms with Crippen molar-refractivity contribution in [1.82, 2.24) is 10.2 Å². The Bertz CT molecular complexity index is 569. The third-order valence-electron chi connectivity index (χ3n) is 4.82. The molecule has 5 nitrogen and oxygen atoms in total. The van der Waals surface area contributed by atoms with E-state index in [1.807, 2.05) is 0 Å². The Morgan fingerprint density at radius 3 is 2.91 bits per heavy atom. The van der Waals surface area contributed by atoms with Gasteiger partial charge < -0.3 is 20.1 Å². The van der Waals surface area contributed by atoms with Crippen molar-refractivity contribution in [3.8, 4) is 0 Å². The van der Waals surface area contributed by atoms with Crippen LogP contribution < -0.4 is 5.32 Å². The van der Waals surface area contributed by atoms with E-state index in [1.165, 1.54) is 12.1 Å². The summed E-state index contributed by atoms with van der Waals surface area (Å²) in [7, 11) is 1.69. The molecule has 1 aromatic rings. The summed E-state index contributed by atoms with van der Waals surface area (Å²) in [5.41, 5.74) is 0.720. The van der Waals surface area contributed by atoms with Gasteiger partial charge in [-0.2, -0.15) is 0 Å². The maximum Gasteiger partial charge on any atom is 0.318 e. The zero-order chi connectivity index (χ0) is 16.4. The highest BCUT2D eigenvalue weighted by molar-refractivity contribution is 5.75. The Labute approximate surface area is 135 Å². The van der Waals surface area contributed by atoms with E-state index in [0.717, 1.165) is 24.8 Å². The average molecular weight is 322 g/mol. The number of methoxy groups -OCH3 is 1. The number of rotatable bonds is 3. The predicted octanol–water partition coefficient (Wildman–Crippen LogP) is 2.21. The second-order valence-electron chi connectivity index (χ2n) is 6.43. The Balaban J connectivity index is 1.68. The van der Waals surface area contributed by atoms with Crippen molar-refractivity contribution in [3.05, 3.63) is 35.6 Å². The Kier molecular flexibility index (Phi) is 4.82. The van der Waals surface area contributed by atoms with E-state index in [9.17, 15) is 14.3 Å². The number of nitrogens with zero attached hydrogens (tertiary/aromatic N) is 1. The molecule has 1 aliphatic heterocycles. The maximum atomic E-state index is 13.5. The van der Waals surface area contributed by atoms with Gasteiger partial charge in [0.25, 0.3) is 0 Å². The Morgan fingerprint density at radius 1 is 1.39 bits per heavy atom. The summed E-state index contributed by atoms with van der Waals surface area (Å²) in [4.78, 5) is 14.2. The number of carbonyl (C=O) groups excluding carboxylic acids is 1. The lowest BCUT2D eigenvalue weighted by Gasteiger charge is -2.27. The molecule has 2 fully saturated rings. The first-order chi connectivity index (χ1) is 11.1. The van der Waals surface area contributed by atoms with Crippen LogP contribution in [-0.4, -0.2) is 47.9 Å². The highest BCUT2D eigenvalue weighted by Gasteiger charge is 2.37. The van der Waals surface area contributed by atoms with Crippen LogP contribution in [0.15, 0.2) is 24.3 Å². The number of benzene rings is 1. The summed E-state index contributed by atoms with van der Waals surface area (Å²) in [5.74, 6) is -0.331. The fourth-order valence-electron chi connectivity index (χ4n) is 3.61. The number of likely N-dealkylation sites (tertiary alicyclic amines) is 1. The minimum absolute atomic E-state index is 0.0957. The molecular formula is C17H23FN2O3.